The predicted octanol–water partition coefficient (Wildman–Crippen LogP) is 1.21. The van der Waals surface area contributed by atoms with E-state index in [1.54, 1.807) is 7.11 Å². The molecule has 0 radical (unpaired) electrons. The first-order valence-electron chi connectivity index (χ1n) is 5.26. The van der Waals surface area contributed by atoms with Gasteiger partial charge in [-0.25, -0.2) is 0 Å². The lowest BCUT2D eigenvalue weighted by atomic mass is 9.99. The number of hydrogen-bond acceptors (Lipinski definition) is 3. The fourth-order valence-corrected chi connectivity index (χ4v) is 1.89. The molecule has 1 atom stereocenters. The Kier molecular flexibility index (Phi) is 3.12. The number of hydrogen-bond donors (Lipinski definition) is 3. The molecule has 1 aromatic heterocycles. The highest BCUT2D eigenvalue weighted by molar-refractivity contribution is 5.85. The van der Waals surface area contributed by atoms with Crippen LogP contribution in [-0.2, 0) is 0 Å². The smallest absolute Gasteiger partial charge is 0.119 e. The minimum Gasteiger partial charge on any atom is -0.497 e. The van der Waals surface area contributed by atoms with Gasteiger partial charge in [-0.1, -0.05) is 0 Å². The lowest BCUT2D eigenvalue weighted by Crippen LogP contribution is -2.15. The van der Waals surface area contributed by atoms with Crippen molar-refractivity contribution in [1.82, 2.24) is 4.98 Å². The van der Waals surface area contributed by atoms with Gasteiger partial charge in [0.05, 0.1) is 13.7 Å². The molecule has 4 N–H and O–H groups in total. The highest BCUT2D eigenvalue weighted by Crippen LogP contribution is 2.28. The molecule has 0 aliphatic heterocycles. The Bertz CT molecular complexity index is 475. The Labute approximate surface area is 94.0 Å². The summed E-state index contributed by atoms with van der Waals surface area (Å²) in [5.74, 6) is 0.780. The highest BCUT2D eigenvalue weighted by atomic mass is 16.5. The lowest BCUT2D eigenvalue weighted by Gasteiger charge is -2.10. The van der Waals surface area contributed by atoms with Crippen LogP contribution in [0.4, 0.5) is 0 Å². The molecule has 2 rings (SSSR count). The zero-order valence-corrected chi connectivity index (χ0v) is 9.23. The fourth-order valence-electron chi connectivity index (χ4n) is 1.89. The number of nitrogens with two attached hydrogens (primary N) is 1. The molecule has 0 amide bonds. The van der Waals surface area contributed by atoms with Gasteiger partial charge in [0.15, 0.2) is 0 Å². The molecule has 16 heavy (non-hydrogen) atoms. The van der Waals surface area contributed by atoms with E-state index >= 15 is 0 Å². The second-order valence-corrected chi connectivity index (χ2v) is 3.77. The summed E-state index contributed by atoms with van der Waals surface area (Å²) in [5, 5.41) is 10.3. The summed E-state index contributed by atoms with van der Waals surface area (Å²) >= 11 is 0. The number of aromatic nitrogens is 1. The number of aliphatic hydroxyl groups is 1. The predicted molar refractivity (Wildman–Crippen MR) is 63.7 cm³/mol. The number of H-pyrrole nitrogens is 1. The zero-order chi connectivity index (χ0) is 11.5. The van der Waals surface area contributed by atoms with E-state index in [1.165, 1.54) is 0 Å². The molecule has 1 aromatic carbocycles. The number of aliphatic hydroxyl groups excluding tert-OH is 1. The van der Waals surface area contributed by atoms with E-state index in [0.29, 0.717) is 6.54 Å². The summed E-state index contributed by atoms with van der Waals surface area (Å²) in [6.45, 7) is 0.487. The van der Waals surface area contributed by atoms with Crippen LogP contribution >= 0.6 is 0 Å². The number of benzene rings is 1. The van der Waals surface area contributed by atoms with Crippen molar-refractivity contribution in [3.8, 4) is 5.75 Å². The maximum Gasteiger partial charge on any atom is 0.119 e. The third-order valence-electron chi connectivity index (χ3n) is 2.87. The standard InChI is InChI=1S/C12H16N2O2/c1-16-9-2-3-12-10(4-9)11(6-14-12)8(5-13)7-15/h2-4,6,8,14-15H,5,7,13H2,1H3/t8-/m1/s1. The van der Waals surface area contributed by atoms with Gasteiger partial charge in [0.25, 0.3) is 0 Å². The van der Waals surface area contributed by atoms with Gasteiger partial charge in [0.2, 0.25) is 0 Å². The van der Waals surface area contributed by atoms with Crippen molar-refractivity contribution in [3.05, 3.63) is 30.0 Å². The number of methoxy groups -OCH3 is 1. The van der Waals surface area contributed by atoms with Gasteiger partial charge in [-0.05, 0) is 23.8 Å². The van der Waals surface area contributed by atoms with Crippen LogP contribution in [0.1, 0.15) is 11.5 Å². The summed E-state index contributed by atoms with van der Waals surface area (Å²) in [6.07, 6.45) is 1.90. The van der Waals surface area contributed by atoms with Gasteiger partial charge in [-0.2, -0.15) is 0 Å². The number of ether oxygens (including phenoxy) is 1. The molecule has 0 unspecified atom stereocenters. The molecule has 0 bridgehead atoms. The molecule has 2 aromatic rings. The molecule has 0 aliphatic rings. The van der Waals surface area contributed by atoms with E-state index in [4.69, 9.17) is 10.5 Å². The maximum absolute atomic E-state index is 9.26. The molecular formula is C12H16N2O2. The first-order chi connectivity index (χ1) is 7.80. The van der Waals surface area contributed by atoms with Crippen LogP contribution in [0.25, 0.3) is 10.9 Å². The summed E-state index contributed by atoms with van der Waals surface area (Å²) in [4.78, 5) is 3.17. The van der Waals surface area contributed by atoms with Crippen molar-refractivity contribution in [2.75, 3.05) is 20.3 Å². The Morgan fingerprint density at radius 3 is 2.94 bits per heavy atom. The van der Waals surface area contributed by atoms with Crippen LogP contribution in [0.3, 0.4) is 0 Å². The first-order valence-corrected chi connectivity index (χ1v) is 5.26. The summed E-state index contributed by atoms with van der Waals surface area (Å²) in [6, 6.07) is 5.82. The van der Waals surface area contributed by atoms with E-state index < -0.39 is 0 Å². The first kappa shape index (κ1) is 11.0. The van der Waals surface area contributed by atoms with Crippen molar-refractivity contribution in [1.29, 1.82) is 0 Å². The van der Waals surface area contributed by atoms with Crippen LogP contribution in [-0.4, -0.2) is 30.4 Å². The van der Waals surface area contributed by atoms with Gasteiger partial charge >= 0.3 is 0 Å². The van der Waals surface area contributed by atoms with Gasteiger partial charge < -0.3 is 20.6 Å². The van der Waals surface area contributed by atoms with Gasteiger partial charge in [-0.15, -0.1) is 0 Å². The molecule has 0 saturated carbocycles. The largest absolute Gasteiger partial charge is 0.497 e. The number of fused-ring (bicyclic) bond motifs is 1. The van der Waals surface area contributed by atoms with Crippen LogP contribution in [0.5, 0.6) is 5.75 Å². The molecule has 86 valence electrons. The van der Waals surface area contributed by atoms with E-state index in [2.05, 4.69) is 4.98 Å². The summed E-state index contributed by atoms with van der Waals surface area (Å²) in [5.41, 5.74) is 7.70. The molecule has 0 spiro atoms. The molecule has 0 saturated heterocycles. The van der Waals surface area contributed by atoms with Gasteiger partial charge in [-0.3, -0.25) is 0 Å². The zero-order valence-electron chi connectivity index (χ0n) is 9.23. The SMILES string of the molecule is COc1ccc2[nH]cc([C@H](CN)CO)c2c1. The molecule has 0 aliphatic carbocycles. The third kappa shape index (κ3) is 1.77. The Balaban J connectivity index is 2.52. The number of aromatic amines is 1. The number of rotatable bonds is 4. The minimum absolute atomic E-state index is 0.0270. The number of nitrogens with one attached hydrogen (secondary N) is 1. The fraction of sp³-hybridized carbons (Fsp3) is 0.333. The van der Waals surface area contributed by atoms with Crippen LogP contribution in [0.2, 0.25) is 0 Å². The van der Waals surface area contributed by atoms with Crippen molar-refractivity contribution in [2.24, 2.45) is 5.73 Å². The van der Waals surface area contributed by atoms with Gasteiger partial charge in [0.1, 0.15) is 5.75 Å². The average molecular weight is 220 g/mol. The second kappa shape index (κ2) is 4.55. The monoisotopic (exact) mass is 220 g/mol. The summed E-state index contributed by atoms with van der Waals surface area (Å²) in [7, 11) is 1.64. The topological polar surface area (TPSA) is 71.3 Å². The molecular weight excluding hydrogens is 204 g/mol. The van der Waals surface area contributed by atoms with Crippen molar-refractivity contribution in [2.45, 2.75) is 5.92 Å². The lowest BCUT2D eigenvalue weighted by molar-refractivity contribution is 0.268. The highest BCUT2D eigenvalue weighted by Gasteiger charge is 2.13. The quantitative estimate of drug-likeness (QED) is 0.725. The van der Waals surface area contributed by atoms with Crippen LogP contribution in [0, 0.1) is 0 Å². The molecule has 4 heteroatoms. The van der Waals surface area contributed by atoms with E-state index in [0.717, 1.165) is 22.2 Å². The molecule has 0 fully saturated rings. The molecule has 1 heterocycles. The van der Waals surface area contributed by atoms with Gasteiger partial charge in [0, 0.05) is 29.6 Å². The minimum atomic E-state index is -0.0270. The Morgan fingerprint density at radius 2 is 2.31 bits per heavy atom. The average Bonchev–Trinajstić information content (AvgIpc) is 2.74. The maximum atomic E-state index is 9.26. The van der Waals surface area contributed by atoms with Crippen molar-refractivity contribution < 1.29 is 9.84 Å². The normalized spacial score (nSPS) is 12.9. The van der Waals surface area contributed by atoms with Crippen molar-refractivity contribution >= 4 is 10.9 Å². The van der Waals surface area contributed by atoms with E-state index in [9.17, 15) is 5.11 Å². The Hall–Kier alpha value is -1.52. The Morgan fingerprint density at radius 1 is 1.50 bits per heavy atom. The second-order valence-electron chi connectivity index (χ2n) is 3.77. The van der Waals surface area contributed by atoms with Crippen LogP contribution < -0.4 is 10.5 Å². The summed E-state index contributed by atoms with van der Waals surface area (Å²) < 4.78 is 5.19. The van der Waals surface area contributed by atoms with Crippen LogP contribution in [0.15, 0.2) is 24.4 Å². The van der Waals surface area contributed by atoms with E-state index in [1.807, 2.05) is 24.4 Å². The third-order valence-corrected chi connectivity index (χ3v) is 2.87. The van der Waals surface area contributed by atoms with E-state index in [-0.39, 0.29) is 12.5 Å². The molecule has 4 nitrogen and oxygen atoms in total. The van der Waals surface area contributed by atoms with Crippen molar-refractivity contribution in [3.63, 3.8) is 0 Å².